The molecule has 0 aromatic heterocycles. The van der Waals surface area contributed by atoms with E-state index < -0.39 is 28.6 Å². The fourth-order valence-electron chi connectivity index (χ4n) is 2.44. The molecule has 4 nitrogen and oxygen atoms in total. The van der Waals surface area contributed by atoms with Crippen LogP contribution in [0.25, 0.3) is 0 Å². The minimum Gasteiger partial charge on any atom is -0.320 e. The lowest BCUT2D eigenvalue weighted by Gasteiger charge is -2.19. The van der Waals surface area contributed by atoms with E-state index >= 15 is 0 Å². The maximum Gasteiger partial charge on any atom is 0.417 e. The highest BCUT2D eigenvalue weighted by Crippen LogP contribution is 2.35. The van der Waals surface area contributed by atoms with E-state index in [4.69, 9.17) is 11.6 Å². The standard InChI is InChI=1S/C20H19ClF3N3O/c1-19(2,3)13-6-4-12(5-7-13)18(28)17(11-25)27-26-14-8-9-15(16(21)10-14)20(22,23)24/h4-10,17,26-27H,1-3H3. The summed E-state index contributed by atoms with van der Waals surface area (Å²) >= 11 is 5.65. The molecule has 2 aromatic carbocycles. The van der Waals surface area contributed by atoms with Gasteiger partial charge in [0.15, 0.2) is 11.8 Å². The summed E-state index contributed by atoms with van der Waals surface area (Å²) in [6.45, 7) is 6.13. The van der Waals surface area contributed by atoms with Crippen molar-refractivity contribution in [2.75, 3.05) is 5.43 Å². The van der Waals surface area contributed by atoms with Gasteiger partial charge in [-0.3, -0.25) is 4.79 Å². The van der Waals surface area contributed by atoms with Gasteiger partial charge >= 0.3 is 6.18 Å². The average molecular weight is 410 g/mol. The largest absolute Gasteiger partial charge is 0.417 e. The molecule has 0 heterocycles. The number of alkyl halides is 3. The molecule has 0 amide bonds. The second-order valence-electron chi connectivity index (χ2n) is 7.22. The number of rotatable bonds is 5. The van der Waals surface area contributed by atoms with Crippen LogP contribution in [0.3, 0.4) is 0 Å². The SMILES string of the molecule is CC(C)(C)c1ccc(C(=O)C(C#N)NNc2ccc(C(F)(F)F)c(Cl)c2)cc1. The summed E-state index contributed by atoms with van der Waals surface area (Å²) in [4.78, 5) is 12.5. The van der Waals surface area contributed by atoms with Gasteiger partial charge in [0.05, 0.1) is 22.3 Å². The van der Waals surface area contributed by atoms with E-state index in [0.29, 0.717) is 5.56 Å². The summed E-state index contributed by atoms with van der Waals surface area (Å²) < 4.78 is 38.2. The molecule has 0 bridgehead atoms. The van der Waals surface area contributed by atoms with Crippen molar-refractivity contribution in [3.8, 4) is 6.07 Å². The number of hydrazine groups is 1. The molecular formula is C20H19ClF3N3O. The third-order valence-electron chi connectivity index (χ3n) is 4.06. The van der Waals surface area contributed by atoms with Crippen LogP contribution < -0.4 is 10.9 Å². The lowest BCUT2D eigenvalue weighted by Crippen LogP contribution is -2.39. The highest BCUT2D eigenvalue weighted by molar-refractivity contribution is 6.31. The molecule has 8 heteroatoms. The lowest BCUT2D eigenvalue weighted by molar-refractivity contribution is -0.137. The molecule has 2 rings (SSSR count). The first kappa shape index (κ1) is 21.7. The minimum absolute atomic E-state index is 0.0716. The van der Waals surface area contributed by atoms with Crippen molar-refractivity contribution in [1.29, 1.82) is 5.26 Å². The zero-order valence-corrected chi connectivity index (χ0v) is 16.2. The molecule has 0 saturated carbocycles. The Kier molecular flexibility index (Phi) is 6.37. The van der Waals surface area contributed by atoms with Crippen LogP contribution in [-0.4, -0.2) is 11.8 Å². The number of hydrogen-bond acceptors (Lipinski definition) is 4. The van der Waals surface area contributed by atoms with Gasteiger partial charge in [-0.2, -0.15) is 18.4 Å². The maximum atomic E-state index is 12.7. The Morgan fingerprint density at radius 2 is 1.71 bits per heavy atom. The average Bonchev–Trinajstić information content (AvgIpc) is 2.60. The number of carbonyl (C=O) groups is 1. The molecule has 1 atom stereocenters. The highest BCUT2D eigenvalue weighted by Gasteiger charge is 2.33. The van der Waals surface area contributed by atoms with E-state index in [-0.39, 0.29) is 11.1 Å². The number of Topliss-reactive ketones (excluding diaryl/α,β-unsaturated/α-hetero) is 1. The summed E-state index contributed by atoms with van der Waals surface area (Å²) in [7, 11) is 0. The van der Waals surface area contributed by atoms with Crippen LogP contribution >= 0.6 is 11.6 Å². The molecule has 28 heavy (non-hydrogen) atoms. The molecule has 2 aromatic rings. The van der Waals surface area contributed by atoms with Gasteiger partial charge in [-0.05, 0) is 29.2 Å². The Labute approximate surface area is 166 Å². The van der Waals surface area contributed by atoms with Crippen molar-refractivity contribution in [3.05, 3.63) is 64.2 Å². The van der Waals surface area contributed by atoms with Crippen LogP contribution in [0.15, 0.2) is 42.5 Å². The number of carbonyl (C=O) groups excluding carboxylic acids is 1. The first-order chi connectivity index (χ1) is 12.9. The van der Waals surface area contributed by atoms with Crippen molar-refractivity contribution < 1.29 is 18.0 Å². The van der Waals surface area contributed by atoms with Gasteiger partial charge in [0, 0.05) is 5.56 Å². The fourth-order valence-corrected chi connectivity index (χ4v) is 2.72. The summed E-state index contributed by atoms with van der Waals surface area (Å²) in [6.07, 6.45) is -4.56. The van der Waals surface area contributed by atoms with Crippen molar-refractivity contribution in [3.63, 3.8) is 0 Å². The van der Waals surface area contributed by atoms with E-state index in [0.717, 1.165) is 23.8 Å². The number of benzene rings is 2. The molecular weight excluding hydrogens is 391 g/mol. The number of nitrogens with one attached hydrogen (secondary N) is 2. The van der Waals surface area contributed by atoms with Gasteiger partial charge in [-0.15, -0.1) is 0 Å². The Hall–Kier alpha value is -2.56. The predicted molar refractivity (Wildman–Crippen MR) is 102 cm³/mol. The molecule has 148 valence electrons. The number of anilines is 1. The summed E-state index contributed by atoms with van der Waals surface area (Å²) in [5.41, 5.74) is 5.61. The number of hydrogen-bond donors (Lipinski definition) is 2. The van der Waals surface area contributed by atoms with E-state index in [1.54, 1.807) is 12.1 Å². The number of nitrogens with zero attached hydrogens (tertiary/aromatic N) is 1. The molecule has 0 fully saturated rings. The molecule has 1 unspecified atom stereocenters. The first-order valence-electron chi connectivity index (χ1n) is 8.36. The molecule has 0 radical (unpaired) electrons. The second-order valence-corrected chi connectivity index (χ2v) is 7.62. The number of ketones is 1. The predicted octanol–water partition coefficient (Wildman–Crippen LogP) is 5.35. The zero-order valence-electron chi connectivity index (χ0n) is 15.5. The fraction of sp³-hybridized carbons (Fsp3) is 0.300. The third-order valence-corrected chi connectivity index (χ3v) is 4.37. The van der Waals surface area contributed by atoms with E-state index in [9.17, 15) is 23.2 Å². The summed E-state index contributed by atoms with van der Waals surface area (Å²) in [6, 6.07) is 10.6. The van der Waals surface area contributed by atoms with Gasteiger partial charge in [0.25, 0.3) is 0 Å². The maximum absolute atomic E-state index is 12.7. The van der Waals surface area contributed by atoms with Crippen LogP contribution in [0.2, 0.25) is 5.02 Å². The minimum atomic E-state index is -4.56. The van der Waals surface area contributed by atoms with Gasteiger partial charge < -0.3 is 5.43 Å². The Morgan fingerprint density at radius 3 is 2.18 bits per heavy atom. The first-order valence-corrected chi connectivity index (χ1v) is 8.74. The summed E-state index contributed by atoms with van der Waals surface area (Å²) in [5.74, 6) is -0.464. The Balaban J connectivity index is 2.09. The second kappa shape index (κ2) is 8.21. The molecule has 0 saturated heterocycles. The van der Waals surface area contributed by atoms with Crippen LogP contribution in [-0.2, 0) is 11.6 Å². The van der Waals surface area contributed by atoms with Crippen LogP contribution in [0.5, 0.6) is 0 Å². The van der Waals surface area contributed by atoms with Crippen molar-refractivity contribution >= 4 is 23.1 Å². The van der Waals surface area contributed by atoms with Crippen molar-refractivity contribution in [2.45, 2.75) is 38.4 Å². The molecule has 0 aliphatic rings. The highest BCUT2D eigenvalue weighted by atomic mass is 35.5. The number of halogens is 4. The van der Waals surface area contributed by atoms with Gasteiger partial charge in [0.1, 0.15) is 0 Å². The normalized spacial score (nSPS) is 12.9. The summed E-state index contributed by atoms with van der Waals surface area (Å²) in [5, 5.41) is 8.79. The number of nitriles is 1. The quantitative estimate of drug-likeness (QED) is 0.516. The van der Waals surface area contributed by atoms with Crippen LogP contribution in [0, 0.1) is 11.3 Å². The van der Waals surface area contributed by atoms with E-state index in [1.807, 2.05) is 39.0 Å². The van der Waals surface area contributed by atoms with E-state index in [1.165, 1.54) is 0 Å². The Bertz CT molecular complexity index is 897. The van der Waals surface area contributed by atoms with Crippen LogP contribution in [0.1, 0.15) is 42.3 Å². The topological polar surface area (TPSA) is 64.9 Å². The molecule has 2 N–H and O–H groups in total. The van der Waals surface area contributed by atoms with Crippen LogP contribution in [0.4, 0.5) is 18.9 Å². The smallest absolute Gasteiger partial charge is 0.320 e. The third kappa shape index (κ3) is 5.24. The Morgan fingerprint density at radius 1 is 1.11 bits per heavy atom. The lowest BCUT2D eigenvalue weighted by atomic mass is 9.86. The van der Waals surface area contributed by atoms with E-state index in [2.05, 4.69) is 10.9 Å². The van der Waals surface area contributed by atoms with Gasteiger partial charge in [0.2, 0.25) is 0 Å². The zero-order chi connectivity index (χ0) is 21.1. The molecule has 0 aliphatic heterocycles. The monoisotopic (exact) mass is 409 g/mol. The molecule has 0 aliphatic carbocycles. The van der Waals surface area contributed by atoms with Gasteiger partial charge in [-0.1, -0.05) is 56.6 Å². The van der Waals surface area contributed by atoms with Crippen molar-refractivity contribution in [1.82, 2.24) is 5.43 Å². The van der Waals surface area contributed by atoms with Crippen molar-refractivity contribution in [2.24, 2.45) is 0 Å². The molecule has 0 spiro atoms. The van der Waals surface area contributed by atoms with Gasteiger partial charge in [-0.25, -0.2) is 5.43 Å².